The lowest BCUT2D eigenvalue weighted by atomic mass is 10.0. The summed E-state index contributed by atoms with van der Waals surface area (Å²) < 4.78 is 4.97. The van der Waals surface area contributed by atoms with Crippen molar-refractivity contribution in [1.29, 1.82) is 0 Å². The molecule has 0 saturated heterocycles. The van der Waals surface area contributed by atoms with Gasteiger partial charge in [0.15, 0.2) is 5.78 Å². The predicted octanol–water partition coefficient (Wildman–Crippen LogP) is 0.615. The lowest BCUT2D eigenvalue weighted by Gasteiger charge is -2.14. The second kappa shape index (κ2) is 6.25. The second-order valence-electron chi connectivity index (χ2n) is 3.64. The van der Waals surface area contributed by atoms with Gasteiger partial charge in [-0.3, -0.25) is 4.79 Å². The van der Waals surface area contributed by atoms with Crippen LogP contribution in [-0.4, -0.2) is 32.6 Å². The number of ketones is 1. The molecule has 1 aromatic rings. The van der Waals surface area contributed by atoms with Gasteiger partial charge in [0.2, 0.25) is 0 Å². The van der Waals surface area contributed by atoms with Crippen molar-refractivity contribution in [2.45, 2.75) is 12.5 Å². The van der Waals surface area contributed by atoms with E-state index in [1.165, 1.54) is 0 Å². The van der Waals surface area contributed by atoms with E-state index in [-0.39, 0.29) is 11.8 Å². The van der Waals surface area contributed by atoms with Gasteiger partial charge in [0, 0.05) is 19.2 Å². The van der Waals surface area contributed by atoms with Crippen LogP contribution >= 0.6 is 0 Å². The molecule has 4 heteroatoms. The van der Waals surface area contributed by atoms with E-state index in [0.717, 1.165) is 5.56 Å². The van der Waals surface area contributed by atoms with Gasteiger partial charge in [-0.25, -0.2) is 0 Å². The molecule has 1 atom stereocenters. The van der Waals surface area contributed by atoms with Crippen molar-refractivity contribution in [3.8, 4) is 0 Å². The molecule has 0 amide bonds. The first kappa shape index (κ1) is 12.7. The van der Waals surface area contributed by atoms with Gasteiger partial charge in [-0.15, -0.1) is 0 Å². The monoisotopic (exact) mass is 222 g/mol. The van der Waals surface area contributed by atoms with Crippen LogP contribution in [0.3, 0.4) is 0 Å². The summed E-state index contributed by atoms with van der Waals surface area (Å²) in [7, 11) is 3.32. The molecule has 1 rings (SSSR count). The number of nitrogens with one attached hydrogen (secondary N) is 1. The number of hydrogen-bond acceptors (Lipinski definition) is 4. The van der Waals surface area contributed by atoms with Crippen molar-refractivity contribution in [2.75, 3.05) is 26.5 Å². The summed E-state index contributed by atoms with van der Waals surface area (Å²) >= 11 is 0. The largest absolute Gasteiger partial charge is 0.398 e. The van der Waals surface area contributed by atoms with E-state index in [9.17, 15) is 4.79 Å². The standard InChI is InChI=1S/C12H18N2O2/c1-14-11(8-16-2)12(15)7-9-5-3-4-6-10(9)13/h3-6,11,14H,7-8,13H2,1-2H3/t11-/m0/s1. The Kier molecular flexibility index (Phi) is 4.95. The number of benzene rings is 1. The molecule has 0 radical (unpaired) electrons. The fourth-order valence-electron chi connectivity index (χ4n) is 1.51. The van der Waals surface area contributed by atoms with E-state index < -0.39 is 0 Å². The molecular weight excluding hydrogens is 204 g/mol. The predicted molar refractivity (Wildman–Crippen MR) is 64.3 cm³/mol. The number of para-hydroxylation sites is 1. The van der Waals surface area contributed by atoms with E-state index in [0.29, 0.717) is 18.7 Å². The van der Waals surface area contributed by atoms with Gasteiger partial charge >= 0.3 is 0 Å². The van der Waals surface area contributed by atoms with E-state index >= 15 is 0 Å². The first-order chi connectivity index (χ1) is 7.69. The fraction of sp³-hybridized carbons (Fsp3) is 0.417. The van der Waals surface area contributed by atoms with Crippen LogP contribution in [0.1, 0.15) is 5.56 Å². The molecule has 0 fully saturated rings. The maximum atomic E-state index is 11.9. The number of nitrogen functional groups attached to an aromatic ring is 1. The van der Waals surface area contributed by atoms with Crippen molar-refractivity contribution < 1.29 is 9.53 Å². The van der Waals surface area contributed by atoms with Crippen molar-refractivity contribution in [3.05, 3.63) is 29.8 Å². The highest BCUT2D eigenvalue weighted by Gasteiger charge is 2.16. The minimum atomic E-state index is -0.274. The summed E-state index contributed by atoms with van der Waals surface area (Å²) in [5.41, 5.74) is 7.30. The van der Waals surface area contributed by atoms with Crippen LogP contribution in [0.15, 0.2) is 24.3 Å². The zero-order chi connectivity index (χ0) is 12.0. The maximum Gasteiger partial charge on any atom is 0.156 e. The summed E-state index contributed by atoms with van der Waals surface area (Å²) in [5, 5.41) is 2.93. The molecule has 88 valence electrons. The second-order valence-corrected chi connectivity index (χ2v) is 3.64. The summed E-state index contributed by atoms with van der Waals surface area (Å²) in [6, 6.07) is 7.13. The number of carbonyl (C=O) groups is 1. The van der Waals surface area contributed by atoms with Gasteiger partial charge in [-0.1, -0.05) is 18.2 Å². The number of rotatable bonds is 6. The van der Waals surface area contributed by atoms with Crippen LogP contribution in [0.4, 0.5) is 5.69 Å². The molecule has 3 N–H and O–H groups in total. The Bertz CT molecular complexity index is 353. The van der Waals surface area contributed by atoms with Gasteiger partial charge in [0.05, 0.1) is 12.6 Å². The zero-order valence-corrected chi connectivity index (χ0v) is 9.69. The van der Waals surface area contributed by atoms with Crippen LogP contribution in [0.25, 0.3) is 0 Å². The minimum absolute atomic E-state index is 0.0854. The number of nitrogens with two attached hydrogens (primary N) is 1. The Labute approximate surface area is 95.8 Å². The molecule has 0 saturated carbocycles. The van der Waals surface area contributed by atoms with Gasteiger partial charge in [0.25, 0.3) is 0 Å². The van der Waals surface area contributed by atoms with Crippen LogP contribution < -0.4 is 11.1 Å². The van der Waals surface area contributed by atoms with E-state index in [1.54, 1.807) is 20.2 Å². The highest BCUT2D eigenvalue weighted by Crippen LogP contribution is 2.12. The maximum absolute atomic E-state index is 11.9. The molecule has 0 aromatic heterocycles. The number of ether oxygens (including phenoxy) is 1. The molecule has 0 heterocycles. The first-order valence-electron chi connectivity index (χ1n) is 5.21. The minimum Gasteiger partial charge on any atom is -0.398 e. The van der Waals surface area contributed by atoms with Crippen molar-refractivity contribution in [3.63, 3.8) is 0 Å². The average Bonchev–Trinajstić information content (AvgIpc) is 2.29. The molecule has 0 aliphatic carbocycles. The zero-order valence-electron chi connectivity index (χ0n) is 9.69. The van der Waals surface area contributed by atoms with Gasteiger partial charge in [0.1, 0.15) is 0 Å². The normalized spacial score (nSPS) is 12.4. The molecule has 0 spiro atoms. The highest BCUT2D eigenvalue weighted by atomic mass is 16.5. The Hall–Kier alpha value is -1.39. The van der Waals surface area contributed by atoms with Crippen LogP contribution in [0.5, 0.6) is 0 Å². The summed E-state index contributed by atoms with van der Waals surface area (Å²) in [4.78, 5) is 11.9. The van der Waals surface area contributed by atoms with Crippen LogP contribution in [0, 0.1) is 0 Å². The first-order valence-corrected chi connectivity index (χ1v) is 5.21. The number of likely N-dealkylation sites (N-methyl/N-ethyl adjacent to an activating group) is 1. The van der Waals surface area contributed by atoms with E-state index in [4.69, 9.17) is 10.5 Å². The third-order valence-electron chi connectivity index (χ3n) is 2.49. The van der Waals surface area contributed by atoms with Crippen molar-refractivity contribution >= 4 is 11.5 Å². The van der Waals surface area contributed by atoms with Gasteiger partial charge < -0.3 is 15.8 Å². The molecule has 0 unspecified atom stereocenters. The number of Topliss-reactive ketones (excluding diaryl/α,β-unsaturated/α-hetero) is 1. The van der Waals surface area contributed by atoms with E-state index in [1.807, 2.05) is 18.2 Å². The SMILES string of the molecule is CN[C@@H](COC)C(=O)Cc1ccccc1N. The van der Waals surface area contributed by atoms with E-state index in [2.05, 4.69) is 5.32 Å². The van der Waals surface area contributed by atoms with Gasteiger partial charge in [-0.2, -0.15) is 0 Å². The molecule has 1 aromatic carbocycles. The third kappa shape index (κ3) is 3.32. The van der Waals surface area contributed by atoms with Crippen molar-refractivity contribution in [2.24, 2.45) is 0 Å². The van der Waals surface area contributed by atoms with Crippen LogP contribution in [0.2, 0.25) is 0 Å². The topological polar surface area (TPSA) is 64.3 Å². The highest BCUT2D eigenvalue weighted by molar-refractivity contribution is 5.87. The number of hydrogen-bond donors (Lipinski definition) is 2. The Morgan fingerprint density at radius 2 is 2.19 bits per heavy atom. The molecule has 0 aliphatic heterocycles. The Morgan fingerprint density at radius 3 is 2.75 bits per heavy atom. The third-order valence-corrected chi connectivity index (χ3v) is 2.49. The smallest absolute Gasteiger partial charge is 0.156 e. The van der Waals surface area contributed by atoms with Gasteiger partial charge in [-0.05, 0) is 18.7 Å². The number of anilines is 1. The molecule has 0 aliphatic rings. The Balaban J connectivity index is 2.66. The summed E-state index contributed by atoms with van der Waals surface area (Å²) in [6.45, 7) is 0.377. The Morgan fingerprint density at radius 1 is 1.50 bits per heavy atom. The molecule has 16 heavy (non-hydrogen) atoms. The average molecular weight is 222 g/mol. The summed E-state index contributed by atoms with van der Waals surface area (Å²) in [5.74, 6) is 0.0854. The molecular formula is C12H18N2O2. The number of methoxy groups -OCH3 is 1. The number of carbonyl (C=O) groups excluding carboxylic acids is 1. The lowest BCUT2D eigenvalue weighted by Crippen LogP contribution is -2.39. The quantitative estimate of drug-likeness (QED) is 0.692. The van der Waals surface area contributed by atoms with Crippen LogP contribution in [-0.2, 0) is 16.0 Å². The summed E-state index contributed by atoms with van der Waals surface area (Å²) in [6.07, 6.45) is 0.335. The van der Waals surface area contributed by atoms with Crippen molar-refractivity contribution in [1.82, 2.24) is 5.32 Å². The molecule has 0 bridgehead atoms. The lowest BCUT2D eigenvalue weighted by molar-refractivity contribution is -0.121. The fourth-order valence-corrected chi connectivity index (χ4v) is 1.51. The molecule has 4 nitrogen and oxygen atoms in total.